The monoisotopic (exact) mass is 455 g/mol. The third kappa shape index (κ3) is 4.38. The van der Waals surface area contributed by atoms with Gasteiger partial charge in [0.25, 0.3) is 5.91 Å². The number of ether oxygens (including phenoxy) is 2. The molecule has 16 heteroatoms. The molecular weight excluding hydrogens is 438 g/mol. The van der Waals surface area contributed by atoms with Crippen LogP contribution in [0.25, 0.3) is 23.0 Å². The number of nitrogens with zero attached hydrogens (tertiary/aromatic N) is 8. The van der Waals surface area contributed by atoms with Crippen molar-refractivity contribution >= 4 is 23.8 Å². The van der Waals surface area contributed by atoms with Gasteiger partial charge in [-0.25, -0.2) is 24.3 Å². The molecule has 0 saturated carbocycles. The van der Waals surface area contributed by atoms with E-state index in [-0.39, 0.29) is 41.2 Å². The highest BCUT2D eigenvalue weighted by atomic mass is 16.6. The summed E-state index contributed by atoms with van der Waals surface area (Å²) in [4.78, 5) is 16.8. The maximum absolute atomic E-state index is 12.5. The first-order chi connectivity index (χ1) is 16.0. The number of carbonyl (C=O) groups excluding carboxylic acids is 1. The van der Waals surface area contributed by atoms with E-state index in [9.17, 15) is 4.79 Å². The maximum atomic E-state index is 12.5. The summed E-state index contributed by atoms with van der Waals surface area (Å²) in [6, 6.07) is 5.15. The number of anilines is 2. The molecule has 0 unspecified atom stereocenters. The summed E-state index contributed by atoms with van der Waals surface area (Å²) in [6.45, 7) is -0.313. The molecule has 3 heterocycles. The quantitative estimate of drug-likeness (QED) is 0.230. The molecule has 0 aliphatic heterocycles. The average Bonchev–Trinajstić information content (AvgIpc) is 3.53. The highest BCUT2D eigenvalue weighted by Gasteiger charge is 2.24. The summed E-state index contributed by atoms with van der Waals surface area (Å²) < 4.78 is 20.8. The Balaban J connectivity index is 1.55. The number of nitrogens with two attached hydrogens (primary N) is 2. The minimum absolute atomic E-state index is 0.0311. The minimum atomic E-state index is -0.535. The molecule has 16 nitrogen and oxygen atoms in total. The fourth-order valence-corrected chi connectivity index (χ4v) is 2.71. The first-order valence-electron chi connectivity index (χ1n) is 9.15. The Morgan fingerprint density at radius 2 is 1.85 bits per heavy atom. The molecule has 0 atom stereocenters. The van der Waals surface area contributed by atoms with Gasteiger partial charge in [-0.2, -0.15) is 5.10 Å². The lowest BCUT2D eigenvalue weighted by atomic mass is 10.2. The van der Waals surface area contributed by atoms with E-state index in [1.807, 2.05) is 0 Å². The molecule has 0 saturated heterocycles. The van der Waals surface area contributed by atoms with E-state index < -0.39 is 5.91 Å². The number of methoxy groups -OCH3 is 2. The van der Waals surface area contributed by atoms with Crippen molar-refractivity contribution in [3.05, 3.63) is 23.8 Å². The molecule has 0 fully saturated rings. The predicted molar refractivity (Wildman–Crippen MR) is 111 cm³/mol. The molecular formula is C17H17N11O5. The van der Waals surface area contributed by atoms with Crippen molar-refractivity contribution in [1.29, 1.82) is 0 Å². The van der Waals surface area contributed by atoms with Crippen molar-refractivity contribution < 1.29 is 23.5 Å². The van der Waals surface area contributed by atoms with Crippen LogP contribution < -0.4 is 26.4 Å². The number of carbonyl (C=O) groups is 1. The Morgan fingerprint density at radius 3 is 2.48 bits per heavy atom. The van der Waals surface area contributed by atoms with Crippen LogP contribution in [0.3, 0.4) is 0 Å². The fourth-order valence-electron chi connectivity index (χ4n) is 2.71. The van der Waals surface area contributed by atoms with Crippen LogP contribution >= 0.6 is 0 Å². The van der Waals surface area contributed by atoms with Gasteiger partial charge in [-0.15, -0.1) is 5.10 Å². The molecule has 0 bridgehead atoms. The minimum Gasteiger partial charge on any atom is -0.497 e. The standard InChI is InChI=1S/C17H17N11O5/c1-30-9-3-4-10(31-2)8(5-9)6-20-22-11(29)7-28-17(13-15(19)27-33-25-13)21-16(23-28)12-14(18)26-32-24-12/h3-6H,7H2,1-2H3,(H2,18,26)(H2,19,27)(H,22,29). The summed E-state index contributed by atoms with van der Waals surface area (Å²) in [5, 5.41) is 22.5. The molecule has 0 aliphatic rings. The predicted octanol–water partition coefficient (Wildman–Crippen LogP) is -0.290. The normalized spacial score (nSPS) is 11.1. The molecule has 0 radical (unpaired) electrons. The van der Waals surface area contributed by atoms with Gasteiger partial charge in [0.2, 0.25) is 5.82 Å². The van der Waals surface area contributed by atoms with Gasteiger partial charge >= 0.3 is 0 Å². The zero-order valence-electron chi connectivity index (χ0n) is 17.3. The van der Waals surface area contributed by atoms with E-state index in [1.54, 1.807) is 18.2 Å². The molecule has 33 heavy (non-hydrogen) atoms. The van der Waals surface area contributed by atoms with Crippen molar-refractivity contribution in [2.45, 2.75) is 6.54 Å². The summed E-state index contributed by atoms with van der Waals surface area (Å²) in [5.74, 6) is 0.639. The van der Waals surface area contributed by atoms with Crippen LogP contribution in [-0.4, -0.2) is 61.7 Å². The lowest BCUT2D eigenvalue weighted by Gasteiger charge is -2.07. The average molecular weight is 455 g/mol. The summed E-state index contributed by atoms with van der Waals surface area (Å²) >= 11 is 0. The van der Waals surface area contributed by atoms with Gasteiger partial charge in [0, 0.05) is 5.56 Å². The smallest absolute Gasteiger partial charge is 0.261 e. The van der Waals surface area contributed by atoms with E-state index >= 15 is 0 Å². The van der Waals surface area contributed by atoms with E-state index in [2.05, 4.69) is 50.5 Å². The van der Waals surface area contributed by atoms with Gasteiger partial charge in [-0.1, -0.05) is 0 Å². The van der Waals surface area contributed by atoms with Gasteiger partial charge < -0.3 is 20.9 Å². The number of benzene rings is 1. The first-order valence-corrected chi connectivity index (χ1v) is 9.15. The van der Waals surface area contributed by atoms with E-state index in [4.69, 9.17) is 20.9 Å². The van der Waals surface area contributed by atoms with Crippen LogP contribution in [0.2, 0.25) is 0 Å². The molecule has 0 aliphatic carbocycles. The first kappa shape index (κ1) is 21.2. The number of hydrazone groups is 1. The third-order valence-corrected chi connectivity index (χ3v) is 4.25. The number of nitrogens with one attached hydrogen (secondary N) is 1. The van der Waals surface area contributed by atoms with Gasteiger partial charge in [-0.3, -0.25) is 4.79 Å². The Kier molecular flexibility index (Phi) is 5.79. The van der Waals surface area contributed by atoms with Crippen molar-refractivity contribution in [2.24, 2.45) is 5.10 Å². The van der Waals surface area contributed by atoms with Gasteiger partial charge in [0.1, 0.15) is 18.0 Å². The molecule has 1 amide bonds. The summed E-state index contributed by atoms with van der Waals surface area (Å²) in [7, 11) is 3.05. The van der Waals surface area contributed by atoms with Crippen molar-refractivity contribution in [1.82, 2.24) is 40.8 Å². The molecule has 5 N–H and O–H groups in total. The second-order valence-corrected chi connectivity index (χ2v) is 6.31. The number of nitrogen functional groups attached to an aromatic ring is 2. The Hall–Kier alpha value is -5.02. The highest BCUT2D eigenvalue weighted by molar-refractivity contribution is 5.86. The van der Waals surface area contributed by atoms with Crippen LogP contribution in [0.15, 0.2) is 32.6 Å². The largest absolute Gasteiger partial charge is 0.497 e. The van der Waals surface area contributed by atoms with E-state index in [0.29, 0.717) is 17.1 Å². The molecule has 1 aromatic carbocycles. The van der Waals surface area contributed by atoms with Crippen molar-refractivity contribution in [3.8, 4) is 34.5 Å². The molecule has 0 spiro atoms. The SMILES string of the molecule is COc1ccc(OC)c(C=NNC(=O)Cn2nc(-c3nonc3N)nc2-c2nonc2N)c1. The van der Waals surface area contributed by atoms with Crippen molar-refractivity contribution in [3.63, 3.8) is 0 Å². The Bertz CT molecular complexity index is 1310. The molecule has 170 valence electrons. The molecule has 4 rings (SSSR count). The number of aromatic nitrogens is 7. The van der Waals surface area contributed by atoms with Gasteiger partial charge in [-0.05, 0) is 38.8 Å². The zero-order chi connectivity index (χ0) is 23.4. The number of rotatable bonds is 8. The van der Waals surface area contributed by atoms with Gasteiger partial charge in [0.15, 0.2) is 28.8 Å². The van der Waals surface area contributed by atoms with E-state index in [1.165, 1.54) is 25.1 Å². The highest BCUT2D eigenvalue weighted by Crippen LogP contribution is 2.25. The maximum Gasteiger partial charge on any atom is 0.261 e. The van der Waals surface area contributed by atoms with Crippen LogP contribution in [0.4, 0.5) is 11.6 Å². The Labute approximate surface area is 184 Å². The lowest BCUT2D eigenvalue weighted by molar-refractivity contribution is -0.121. The number of amides is 1. The van der Waals surface area contributed by atoms with Gasteiger partial charge in [0.05, 0.1) is 20.4 Å². The number of hydrogen-bond acceptors (Lipinski definition) is 14. The second kappa shape index (κ2) is 9.00. The topological polar surface area (TPSA) is 221 Å². The van der Waals surface area contributed by atoms with Crippen LogP contribution in [0.5, 0.6) is 11.5 Å². The third-order valence-electron chi connectivity index (χ3n) is 4.25. The van der Waals surface area contributed by atoms with Crippen LogP contribution in [-0.2, 0) is 11.3 Å². The van der Waals surface area contributed by atoms with E-state index in [0.717, 1.165) is 0 Å². The molecule has 4 aromatic rings. The number of hydrogen-bond donors (Lipinski definition) is 3. The van der Waals surface area contributed by atoms with Crippen molar-refractivity contribution in [2.75, 3.05) is 25.7 Å². The Morgan fingerprint density at radius 1 is 1.12 bits per heavy atom. The second-order valence-electron chi connectivity index (χ2n) is 6.31. The molecule has 3 aromatic heterocycles. The summed E-state index contributed by atoms with van der Waals surface area (Å²) in [6.07, 6.45) is 1.41. The summed E-state index contributed by atoms with van der Waals surface area (Å²) in [5.41, 5.74) is 14.6. The lowest BCUT2D eigenvalue weighted by Crippen LogP contribution is -2.24. The zero-order valence-corrected chi connectivity index (χ0v) is 17.3. The fraction of sp³-hybridized carbons (Fsp3) is 0.176. The van der Waals surface area contributed by atoms with Crippen LogP contribution in [0, 0.1) is 0 Å². The van der Waals surface area contributed by atoms with Crippen LogP contribution in [0.1, 0.15) is 5.56 Å².